The molecule has 1 aliphatic heterocycles. The smallest absolute Gasteiger partial charge is 0.329 e. The number of nitrogens with one attached hydrogen (secondary N) is 15. The van der Waals surface area contributed by atoms with Crippen LogP contribution >= 0.6 is 0 Å². The number of carbonyl (C=O) groups is 21. The number of Topliss-reactive ketones (excluding diaryl/α,β-unsaturated/α-hetero) is 1. The fourth-order valence-electron chi connectivity index (χ4n) is 12.8. The molecule has 4 aromatic rings. The van der Waals surface area contributed by atoms with Gasteiger partial charge in [0.2, 0.25) is 82.7 Å². The summed E-state index contributed by atoms with van der Waals surface area (Å²) in [5.41, 5.74) is 17.2. The number of benzene rings is 3. The normalized spacial score (nSPS) is 20.4. The van der Waals surface area contributed by atoms with E-state index in [1.807, 2.05) is 16.0 Å². The monoisotopic (exact) mass is 1760 g/mol. The number of aliphatic carboxylic acids is 4. The number of carboxylic acids is 4. The zero-order valence-corrected chi connectivity index (χ0v) is 68.6. The number of esters is 1. The predicted molar refractivity (Wildman–Crippen MR) is 434 cm³/mol. The Bertz CT molecular complexity index is 4620. The average molecular weight is 1760 g/mol. The summed E-state index contributed by atoms with van der Waals surface area (Å²) in [5, 5.41) is 81.2. The van der Waals surface area contributed by atoms with Crippen LogP contribution in [0.15, 0.2) is 72.9 Å². The summed E-state index contributed by atoms with van der Waals surface area (Å²) in [5.74, 6) is -32.9. The van der Waals surface area contributed by atoms with Crippen molar-refractivity contribution in [3.63, 3.8) is 0 Å². The zero-order chi connectivity index (χ0) is 92.9. The first-order valence-electron chi connectivity index (χ1n) is 39.7. The van der Waals surface area contributed by atoms with Gasteiger partial charge in [-0.2, -0.15) is 0 Å². The van der Waals surface area contributed by atoms with Gasteiger partial charge in [-0.1, -0.05) is 88.8 Å². The molecule has 26 N–H and O–H groups in total. The maximum absolute atomic E-state index is 15.0. The van der Waals surface area contributed by atoms with E-state index in [0.29, 0.717) is 29.3 Å². The van der Waals surface area contributed by atoms with Gasteiger partial charge in [-0.15, -0.1) is 0 Å². The van der Waals surface area contributed by atoms with E-state index in [1.165, 1.54) is 36.4 Å². The Morgan fingerprint density at radius 2 is 1.10 bits per heavy atom. The van der Waals surface area contributed by atoms with Crippen molar-refractivity contribution in [2.45, 2.75) is 209 Å². The van der Waals surface area contributed by atoms with Gasteiger partial charge in [0.1, 0.15) is 78.4 Å². The highest BCUT2D eigenvalue weighted by Crippen LogP contribution is 2.22. The van der Waals surface area contributed by atoms with Crippen LogP contribution in [0.3, 0.4) is 0 Å². The van der Waals surface area contributed by atoms with Gasteiger partial charge in [0.05, 0.1) is 57.4 Å². The minimum absolute atomic E-state index is 0.0400. The number of aliphatic hydroxyl groups is 1. The van der Waals surface area contributed by atoms with E-state index in [0.717, 1.165) is 58.9 Å². The zero-order valence-electron chi connectivity index (χ0n) is 68.6. The van der Waals surface area contributed by atoms with E-state index in [1.54, 1.807) is 30.5 Å². The molecule has 13 atom stereocenters. The number of H-pyrrole nitrogens is 1. The highest BCUT2D eigenvalue weighted by Gasteiger charge is 2.41. The molecule has 3 aromatic carbocycles. The number of aromatic nitrogens is 1. The molecule has 46 heteroatoms. The fraction of sp³-hybridized carbons (Fsp3) is 0.481. The fourth-order valence-corrected chi connectivity index (χ4v) is 12.8. The molecule has 1 aromatic heterocycles. The number of para-hydroxylation sites is 2. The lowest BCUT2D eigenvalue weighted by atomic mass is 9.96. The van der Waals surface area contributed by atoms with Gasteiger partial charge in [0.15, 0.2) is 5.78 Å². The molecule has 0 saturated carbocycles. The van der Waals surface area contributed by atoms with Gasteiger partial charge >= 0.3 is 29.8 Å². The number of unbranched alkanes of at least 4 members (excludes halogenated alkanes) is 6. The lowest BCUT2D eigenvalue weighted by Gasteiger charge is -2.30. The van der Waals surface area contributed by atoms with Crippen molar-refractivity contribution < 1.29 is 135 Å². The topological polar surface area (TPSA) is 731 Å². The second-order valence-corrected chi connectivity index (χ2v) is 29.4. The number of aromatic amines is 1. The number of fused-ring (bicyclic) bond motifs is 1. The molecule has 0 spiro atoms. The average Bonchev–Trinajstić information content (AvgIpc) is 1.58. The highest BCUT2D eigenvalue weighted by molar-refractivity contribution is 6.06. The van der Waals surface area contributed by atoms with Crippen LogP contribution in [-0.2, 0) is 102 Å². The van der Waals surface area contributed by atoms with Gasteiger partial charge in [0, 0.05) is 59.8 Å². The molecule has 680 valence electrons. The van der Waals surface area contributed by atoms with Crippen LogP contribution in [0.4, 0.5) is 15.8 Å². The van der Waals surface area contributed by atoms with Gasteiger partial charge < -0.3 is 127 Å². The third-order valence-electron chi connectivity index (χ3n) is 19.4. The number of cyclic esters (lactones) is 1. The van der Waals surface area contributed by atoms with Crippen molar-refractivity contribution in [3.8, 4) is 0 Å². The number of halogens is 1. The van der Waals surface area contributed by atoms with Crippen LogP contribution in [0.5, 0.6) is 0 Å². The molecule has 13 unspecified atom stereocenters. The molecule has 0 radical (unpaired) electrons. The maximum atomic E-state index is 15.0. The number of primary amides is 1. The summed E-state index contributed by atoms with van der Waals surface area (Å²) in [6.07, 6.45) is -3.39. The first-order chi connectivity index (χ1) is 59.1. The molecule has 15 amide bonds. The number of ketones is 1. The quantitative estimate of drug-likeness (QED) is 0.00877. The summed E-state index contributed by atoms with van der Waals surface area (Å²) in [6.45, 7) is 0.543. The Morgan fingerprint density at radius 1 is 0.544 bits per heavy atom. The number of aliphatic hydroxyl groups excluding tert-OH is 1. The molecular weight excluding hydrogens is 1650 g/mol. The maximum Gasteiger partial charge on any atom is 0.329 e. The molecule has 1 aliphatic rings. The van der Waals surface area contributed by atoms with E-state index < -0.39 is 285 Å². The summed E-state index contributed by atoms with van der Waals surface area (Å²) < 4.78 is 20.5. The molecule has 125 heavy (non-hydrogen) atoms. The van der Waals surface area contributed by atoms with Crippen LogP contribution in [0.2, 0.25) is 0 Å². The number of nitrogens with two attached hydrogens (primary N) is 3. The van der Waals surface area contributed by atoms with Crippen LogP contribution in [-0.4, -0.2) is 254 Å². The van der Waals surface area contributed by atoms with Crippen molar-refractivity contribution in [2.75, 3.05) is 37.7 Å². The van der Waals surface area contributed by atoms with Crippen molar-refractivity contribution in [1.29, 1.82) is 0 Å². The number of carboxylic acid groups (broad SMARTS) is 4. The second kappa shape index (κ2) is 50.2. The van der Waals surface area contributed by atoms with Crippen molar-refractivity contribution >= 4 is 147 Å². The van der Waals surface area contributed by atoms with Crippen molar-refractivity contribution in [2.24, 2.45) is 11.7 Å². The molecule has 0 aliphatic carbocycles. The highest BCUT2D eigenvalue weighted by atomic mass is 19.1. The Hall–Kier alpha value is -14.2. The molecular formula is C79H105FN18O27. The van der Waals surface area contributed by atoms with Crippen LogP contribution in [0.25, 0.3) is 10.9 Å². The minimum Gasteiger partial charge on any atom is -0.481 e. The minimum atomic E-state index is -2.53. The van der Waals surface area contributed by atoms with E-state index >= 15 is 0 Å². The summed E-state index contributed by atoms with van der Waals surface area (Å²) in [7, 11) is 0. The van der Waals surface area contributed by atoms with Gasteiger partial charge in [-0.3, -0.25) is 95.9 Å². The second-order valence-electron chi connectivity index (χ2n) is 29.4. The van der Waals surface area contributed by atoms with E-state index in [9.17, 15) is 131 Å². The molecule has 5 rings (SSSR count). The number of anilines is 2. The summed E-state index contributed by atoms with van der Waals surface area (Å²) in [6, 6.07) is -8.15. The van der Waals surface area contributed by atoms with Crippen molar-refractivity contribution in [3.05, 3.63) is 95.4 Å². The lowest BCUT2D eigenvalue weighted by Crippen LogP contribution is -2.62. The standard InChI is InChI=1S/C79H105FN18O27/c1-5-6-7-8-9-10-11-25-58(102)90-49(28-41-34-85-47-23-15-13-18-42(41)47)72(117)93-50(30-57(83)101)73(118)95-53(33-64(111)112)74(119)98-67-40(4)125-79(124)54(29-56(100)43-19-12-14-21-45(43)81)96-78(123)66(38(2)27-61(105)106)97-75(120)55(37-99)91-60(104)35-86-69(114)51(31-62(107)108)92-68(113)39(3)88-71(116)52(32-63(109)110)94-70(115)48(89-59(103)36-87-77(67)122)24-17-26-84-76(121)65-44(80)20-16-22-46(65)82/h12-16,18-23,34,38-40,48-55,66-67,85,99H,5-11,17,24-33,35-37,81-82H2,1-4H3,(H2,83,101)(H,84,121)(H,86,114)(H,87,122)(H,88,116)(H,89,103)(H,90,102)(H,91,104)(H,92,113)(H,93,117)(H,94,115)(H,95,118)(H,96,123)(H,97,120)(H,98,119)(H,105,106)(H,107,108)(H,109,110)(H,111,112). The third kappa shape index (κ3) is 33.6. The SMILES string of the molecule is CCCCCCCCCC(=O)NC(Cc1c[nH]c2ccccc12)C(=O)NC(CC(N)=O)C(=O)NC(CC(=O)O)C(=O)NC1C(=O)NCC(=O)NC(CCCNC(=O)c2c(N)cccc2F)C(=O)NC(CC(=O)O)C(=O)NC(C)C(=O)NC(CC(=O)O)C(=O)NCC(=O)NC(CO)C(=O)NC(C(C)CC(=O)O)C(=O)NC(CC(=O)c2ccccc2N)C(=O)OC1C. The van der Waals surface area contributed by atoms with E-state index in [-0.39, 0.29) is 36.2 Å². The van der Waals surface area contributed by atoms with Crippen LogP contribution in [0.1, 0.15) is 157 Å². The lowest BCUT2D eigenvalue weighted by molar-refractivity contribution is -0.156. The Balaban J connectivity index is 1.64. The van der Waals surface area contributed by atoms with Crippen LogP contribution < -0.4 is 91.6 Å². The third-order valence-corrected chi connectivity index (χ3v) is 19.4. The van der Waals surface area contributed by atoms with Gasteiger partial charge in [-0.25, -0.2) is 9.18 Å². The molecule has 1 saturated heterocycles. The van der Waals surface area contributed by atoms with E-state index in [4.69, 9.17) is 21.9 Å². The number of hydrogen-bond acceptors (Lipinski definition) is 25. The number of amides is 15. The number of hydrogen-bond donors (Lipinski definition) is 23. The molecule has 0 bridgehead atoms. The van der Waals surface area contributed by atoms with Gasteiger partial charge in [-0.05, 0) is 74.9 Å². The number of rotatable bonds is 37. The first kappa shape index (κ1) is 101. The van der Waals surface area contributed by atoms with Crippen LogP contribution in [0, 0.1) is 11.7 Å². The predicted octanol–water partition coefficient (Wildman–Crippen LogP) is -4.43. The van der Waals surface area contributed by atoms with E-state index in [2.05, 4.69) is 70.4 Å². The van der Waals surface area contributed by atoms with Gasteiger partial charge in [0.25, 0.3) is 5.91 Å². The molecule has 45 nitrogen and oxygen atoms in total. The summed E-state index contributed by atoms with van der Waals surface area (Å²) >= 11 is 0. The first-order valence-corrected chi connectivity index (χ1v) is 39.7. The molecule has 2 heterocycles. The summed E-state index contributed by atoms with van der Waals surface area (Å²) in [4.78, 5) is 292. The Morgan fingerprint density at radius 3 is 1.71 bits per heavy atom. The Kier molecular flexibility index (Phi) is 40.7. The number of nitrogen functional groups attached to an aromatic ring is 2. The largest absolute Gasteiger partial charge is 0.481 e. The number of carbonyl (C=O) groups excluding carboxylic acids is 17. The number of ether oxygens (including phenoxy) is 1. The van der Waals surface area contributed by atoms with Crippen molar-refractivity contribution in [1.82, 2.24) is 79.4 Å². The Labute approximate surface area is 712 Å². The molecule has 1 fully saturated rings.